The van der Waals surface area contributed by atoms with E-state index in [9.17, 15) is 0 Å². The number of ether oxygens (including phenoxy) is 3. The first kappa shape index (κ1) is 17.0. The molecule has 0 aromatic heterocycles. The normalized spacial score (nSPS) is 12.4. The number of hydrogen-bond acceptors (Lipinski definition) is 4. The molecular weight excluding hydrogens is 254 g/mol. The highest BCUT2D eigenvalue weighted by atomic mass is 16.5. The Morgan fingerprint density at radius 3 is 2.60 bits per heavy atom. The standard InChI is InChI=1S/C16H27NO3/c1-5-17-15(8-9-20-11-10-18-3)14-12-13(2)6-7-16(14)19-4/h6-7,12,15,17H,5,8-11H2,1-4H3. The molecule has 0 fully saturated rings. The number of aryl methyl sites for hydroxylation is 1. The predicted molar refractivity (Wildman–Crippen MR) is 81.5 cm³/mol. The lowest BCUT2D eigenvalue weighted by atomic mass is 10.0. The Balaban J connectivity index is 2.67. The van der Waals surface area contributed by atoms with E-state index in [0.29, 0.717) is 19.8 Å². The van der Waals surface area contributed by atoms with Crippen molar-refractivity contribution in [2.75, 3.05) is 40.6 Å². The molecule has 0 saturated heterocycles. The van der Waals surface area contributed by atoms with Crippen molar-refractivity contribution in [2.24, 2.45) is 0 Å². The zero-order chi connectivity index (χ0) is 14.8. The minimum absolute atomic E-state index is 0.248. The fourth-order valence-electron chi connectivity index (χ4n) is 2.19. The Hall–Kier alpha value is -1.10. The van der Waals surface area contributed by atoms with Gasteiger partial charge in [-0.1, -0.05) is 24.6 Å². The minimum Gasteiger partial charge on any atom is -0.496 e. The molecule has 1 atom stereocenters. The summed E-state index contributed by atoms with van der Waals surface area (Å²) in [5.74, 6) is 0.929. The number of benzene rings is 1. The second kappa shape index (κ2) is 9.75. The van der Waals surface area contributed by atoms with Crippen molar-refractivity contribution in [3.8, 4) is 5.75 Å². The van der Waals surface area contributed by atoms with Gasteiger partial charge >= 0.3 is 0 Å². The van der Waals surface area contributed by atoms with E-state index in [2.05, 4.69) is 31.3 Å². The highest BCUT2D eigenvalue weighted by Crippen LogP contribution is 2.28. The summed E-state index contributed by atoms with van der Waals surface area (Å²) < 4.78 is 16.0. The fourth-order valence-corrected chi connectivity index (χ4v) is 2.19. The third kappa shape index (κ3) is 5.49. The number of hydrogen-bond donors (Lipinski definition) is 1. The van der Waals surface area contributed by atoms with Crippen LogP contribution in [0.5, 0.6) is 5.75 Å². The van der Waals surface area contributed by atoms with Gasteiger partial charge in [-0.05, 0) is 26.0 Å². The van der Waals surface area contributed by atoms with Crippen LogP contribution in [0.4, 0.5) is 0 Å². The Labute approximate surface area is 122 Å². The molecule has 0 heterocycles. The maximum absolute atomic E-state index is 5.57. The van der Waals surface area contributed by atoms with Crippen molar-refractivity contribution >= 4 is 0 Å². The van der Waals surface area contributed by atoms with Crippen LogP contribution in [0.15, 0.2) is 18.2 Å². The summed E-state index contributed by atoms with van der Waals surface area (Å²) in [5, 5.41) is 3.50. The molecule has 0 aliphatic heterocycles. The molecule has 4 nitrogen and oxygen atoms in total. The van der Waals surface area contributed by atoms with Crippen molar-refractivity contribution in [3.05, 3.63) is 29.3 Å². The second-order valence-corrected chi connectivity index (χ2v) is 4.75. The molecule has 0 spiro atoms. The summed E-state index contributed by atoms with van der Waals surface area (Å²) in [6.45, 7) is 7.11. The average Bonchev–Trinajstić information content (AvgIpc) is 2.46. The first-order valence-corrected chi connectivity index (χ1v) is 7.17. The molecule has 0 radical (unpaired) electrons. The topological polar surface area (TPSA) is 39.7 Å². The van der Waals surface area contributed by atoms with E-state index >= 15 is 0 Å². The molecule has 1 N–H and O–H groups in total. The summed E-state index contributed by atoms with van der Waals surface area (Å²) in [6, 6.07) is 6.53. The van der Waals surface area contributed by atoms with Crippen molar-refractivity contribution in [2.45, 2.75) is 26.3 Å². The van der Waals surface area contributed by atoms with Crippen LogP contribution >= 0.6 is 0 Å². The lowest BCUT2D eigenvalue weighted by Gasteiger charge is -2.21. The van der Waals surface area contributed by atoms with Crippen molar-refractivity contribution < 1.29 is 14.2 Å². The van der Waals surface area contributed by atoms with Crippen LogP contribution in [0.1, 0.15) is 30.5 Å². The maximum Gasteiger partial charge on any atom is 0.123 e. The highest BCUT2D eigenvalue weighted by molar-refractivity contribution is 5.39. The van der Waals surface area contributed by atoms with Crippen molar-refractivity contribution in [1.29, 1.82) is 0 Å². The lowest BCUT2D eigenvalue weighted by Crippen LogP contribution is -2.23. The van der Waals surface area contributed by atoms with Crippen LogP contribution < -0.4 is 10.1 Å². The van der Waals surface area contributed by atoms with Gasteiger partial charge in [0.25, 0.3) is 0 Å². The number of rotatable bonds is 10. The fraction of sp³-hybridized carbons (Fsp3) is 0.625. The van der Waals surface area contributed by atoms with E-state index in [1.165, 1.54) is 11.1 Å². The largest absolute Gasteiger partial charge is 0.496 e. The summed E-state index contributed by atoms with van der Waals surface area (Å²) in [7, 11) is 3.40. The number of methoxy groups -OCH3 is 2. The smallest absolute Gasteiger partial charge is 0.123 e. The molecule has 0 amide bonds. The Kier molecular flexibility index (Phi) is 8.26. The summed E-state index contributed by atoms with van der Waals surface area (Å²) >= 11 is 0. The Morgan fingerprint density at radius 1 is 1.15 bits per heavy atom. The lowest BCUT2D eigenvalue weighted by molar-refractivity contribution is 0.0657. The first-order chi connectivity index (χ1) is 9.72. The van der Waals surface area contributed by atoms with Crippen LogP contribution in [0.25, 0.3) is 0 Å². The summed E-state index contributed by atoms with van der Waals surface area (Å²) in [5.41, 5.74) is 2.44. The molecule has 4 heteroatoms. The van der Waals surface area contributed by atoms with Gasteiger partial charge in [0.15, 0.2) is 0 Å². The molecule has 1 unspecified atom stereocenters. The molecule has 20 heavy (non-hydrogen) atoms. The van der Waals surface area contributed by atoms with Gasteiger partial charge in [0.1, 0.15) is 5.75 Å². The van der Waals surface area contributed by atoms with Crippen LogP contribution in [0.3, 0.4) is 0 Å². The molecular formula is C16H27NO3. The molecule has 0 saturated carbocycles. The van der Waals surface area contributed by atoms with Gasteiger partial charge in [0.2, 0.25) is 0 Å². The Morgan fingerprint density at radius 2 is 1.95 bits per heavy atom. The van der Waals surface area contributed by atoms with Crippen molar-refractivity contribution in [3.63, 3.8) is 0 Å². The molecule has 0 bridgehead atoms. The highest BCUT2D eigenvalue weighted by Gasteiger charge is 2.15. The van der Waals surface area contributed by atoms with Gasteiger partial charge in [0, 0.05) is 25.3 Å². The van der Waals surface area contributed by atoms with E-state index in [1.807, 2.05) is 6.07 Å². The van der Waals surface area contributed by atoms with Gasteiger partial charge in [-0.15, -0.1) is 0 Å². The van der Waals surface area contributed by atoms with E-state index in [0.717, 1.165) is 18.7 Å². The number of nitrogens with one attached hydrogen (secondary N) is 1. The van der Waals surface area contributed by atoms with Crippen LogP contribution in [0, 0.1) is 6.92 Å². The third-order valence-electron chi connectivity index (χ3n) is 3.19. The van der Waals surface area contributed by atoms with E-state index in [-0.39, 0.29) is 6.04 Å². The molecule has 114 valence electrons. The quantitative estimate of drug-likeness (QED) is 0.669. The molecule has 1 aromatic carbocycles. The summed E-state index contributed by atoms with van der Waals surface area (Å²) in [4.78, 5) is 0. The van der Waals surface area contributed by atoms with E-state index < -0.39 is 0 Å². The predicted octanol–water partition coefficient (Wildman–Crippen LogP) is 2.71. The Bertz CT molecular complexity index is 382. The van der Waals surface area contributed by atoms with Gasteiger partial charge < -0.3 is 19.5 Å². The van der Waals surface area contributed by atoms with Crippen molar-refractivity contribution in [1.82, 2.24) is 5.32 Å². The van der Waals surface area contributed by atoms with Crippen LogP contribution in [-0.2, 0) is 9.47 Å². The van der Waals surface area contributed by atoms with E-state index in [4.69, 9.17) is 14.2 Å². The average molecular weight is 281 g/mol. The van der Waals surface area contributed by atoms with Crippen LogP contribution in [-0.4, -0.2) is 40.6 Å². The molecule has 1 rings (SSSR count). The van der Waals surface area contributed by atoms with Gasteiger partial charge in [0.05, 0.1) is 20.3 Å². The van der Waals surface area contributed by atoms with Gasteiger partial charge in [-0.25, -0.2) is 0 Å². The first-order valence-electron chi connectivity index (χ1n) is 7.17. The van der Waals surface area contributed by atoms with Crippen LogP contribution in [0.2, 0.25) is 0 Å². The van der Waals surface area contributed by atoms with Gasteiger partial charge in [-0.3, -0.25) is 0 Å². The zero-order valence-corrected chi connectivity index (χ0v) is 13.1. The summed E-state index contributed by atoms with van der Waals surface area (Å²) in [6.07, 6.45) is 0.914. The third-order valence-corrected chi connectivity index (χ3v) is 3.19. The SMILES string of the molecule is CCNC(CCOCCOC)c1cc(C)ccc1OC. The second-order valence-electron chi connectivity index (χ2n) is 4.75. The molecule has 0 aliphatic rings. The maximum atomic E-state index is 5.57. The zero-order valence-electron chi connectivity index (χ0n) is 13.1. The van der Waals surface area contributed by atoms with E-state index in [1.54, 1.807) is 14.2 Å². The molecule has 1 aromatic rings. The van der Waals surface area contributed by atoms with Gasteiger partial charge in [-0.2, -0.15) is 0 Å². The monoisotopic (exact) mass is 281 g/mol. The molecule has 0 aliphatic carbocycles. The minimum atomic E-state index is 0.248.